The molecule has 0 saturated carbocycles. The number of piperidine rings is 1. The Labute approximate surface area is 222 Å². The second-order valence-electron chi connectivity index (χ2n) is 9.53. The lowest BCUT2D eigenvalue weighted by molar-refractivity contribution is -0.146. The number of carbonyl (C=O) groups excluding carboxylic acids is 3. The number of primary amides is 1. The molecule has 3 amide bonds. The standard InChI is InChI=1S/C27H29N5O7/c28-22(33)15-20(25(36)31-12-10-17(11-13-31)26(37)38)29-23(34)21(14-16-6-2-1-3-7-16)32-24(35)18-8-4-5-9-19(18)30-27(32)39/h1-9,17,20-21H,10-15H2,(H2,28,33)(H,29,34)(H,30,39)(H,37,38)/t20-,21-/m0/s1. The number of likely N-dealkylation sites (tertiary alicyclic amines) is 1. The van der Waals surface area contributed by atoms with Crippen LogP contribution in [-0.2, 0) is 25.6 Å². The van der Waals surface area contributed by atoms with Crippen LogP contribution in [0.25, 0.3) is 10.9 Å². The molecule has 204 valence electrons. The molecule has 4 rings (SSSR count). The van der Waals surface area contributed by atoms with Crippen molar-refractivity contribution in [1.29, 1.82) is 0 Å². The van der Waals surface area contributed by atoms with Crippen molar-refractivity contribution in [1.82, 2.24) is 19.8 Å². The summed E-state index contributed by atoms with van der Waals surface area (Å²) in [7, 11) is 0. The van der Waals surface area contributed by atoms with Crippen LogP contribution in [0.5, 0.6) is 0 Å². The molecular formula is C27H29N5O7. The summed E-state index contributed by atoms with van der Waals surface area (Å²) >= 11 is 0. The number of hydrogen-bond donors (Lipinski definition) is 4. The van der Waals surface area contributed by atoms with Gasteiger partial charge in [-0.25, -0.2) is 9.36 Å². The number of aromatic amines is 1. The fourth-order valence-electron chi connectivity index (χ4n) is 4.83. The molecule has 39 heavy (non-hydrogen) atoms. The summed E-state index contributed by atoms with van der Waals surface area (Å²) in [5, 5.41) is 12.0. The summed E-state index contributed by atoms with van der Waals surface area (Å²) in [4.78, 5) is 80.5. The van der Waals surface area contributed by atoms with Crippen LogP contribution in [0.2, 0.25) is 0 Å². The highest BCUT2D eigenvalue weighted by atomic mass is 16.4. The first-order chi connectivity index (χ1) is 18.7. The smallest absolute Gasteiger partial charge is 0.329 e. The van der Waals surface area contributed by atoms with E-state index in [4.69, 9.17) is 5.73 Å². The van der Waals surface area contributed by atoms with Crippen molar-refractivity contribution in [3.63, 3.8) is 0 Å². The number of carbonyl (C=O) groups is 4. The normalized spacial score (nSPS) is 15.4. The summed E-state index contributed by atoms with van der Waals surface area (Å²) in [6.45, 7) is 0.274. The van der Waals surface area contributed by atoms with E-state index >= 15 is 0 Å². The van der Waals surface area contributed by atoms with Gasteiger partial charge in [0.1, 0.15) is 12.1 Å². The van der Waals surface area contributed by atoms with Gasteiger partial charge in [-0.1, -0.05) is 42.5 Å². The van der Waals surface area contributed by atoms with Gasteiger partial charge >= 0.3 is 11.7 Å². The van der Waals surface area contributed by atoms with Crippen LogP contribution in [0.15, 0.2) is 64.2 Å². The van der Waals surface area contributed by atoms with E-state index in [0.29, 0.717) is 11.1 Å². The molecule has 2 heterocycles. The molecule has 1 aliphatic rings. The molecule has 2 aromatic carbocycles. The molecule has 3 aromatic rings. The zero-order valence-electron chi connectivity index (χ0n) is 21.0. The number of aromatic nitrogens is 2. The Morgan fingerprint density at radius 1 is 1.00 bits per heavy atom. The van der Waals surface area contributed by atoms with Crippen LogP contribution >= 0.6 is 0 Å². The molecule has 2 atom stereocenters. The highest BCUT2D eigenvalue weighted by Crippen LogP contribution is 2.19. The van der Waals surface area contributed by atoms with Crippen molar-refractivity contribution in [2.75, 3.05) is 13.1 Å². The number of H-pyrrole nitrogens is 1. The van der Waals surface area contributed by atoms with Gasteiger partial charge in [0.05, 0.1) is 23.2 Å². The summed E-state index contributed by atoms with van der Waals surface area (Å²) < 4.78 is 0.814. The number of rotatable bonds is 9. The Hall–Kier alpha value is -4.74. The number of hydrogen-bond acceptors (Lipinski definition) is 6. The van der Waals surface area contributed by atoms with E-state index in [-0.39, 0.29) is 37.7 Å². The number of carboxylic acid groups (broad SMARTS) is 1. The van der Waals surface area contributed by atoms with Gasteiger partial charge in [-0.05, 0) is 30.5 Å². The second-order valence-corrected chi connectivity index (χ2v) is 9.53. The lowest BCUT2D eigenvalue weighted by Gasteiger charge is -2.33. The number of nitrogens with zero attached hydrogens (tertiary/aromatic N) is 2. The average molecular weight is 536 g/mol. The van der Waals surface area contributed by atoms with Crippen LogP contribution < -0.4 is 22.3 Å². The second kappa shape index (κ2) is 11.8. The maximum absolute atomic E-state index is 13.7. The number of para-hydroxylation sites is 1. The third-order valence-corrected chi connectivity index (χ3v) is 6.90. The van der Waals surface area contributed by atoms with E-state index in [9.17, 15) is 33.9 Å². The number of fused-ring (bicyclic) bond motifs is 1. The molecule has 0 bridgehead atoms. The Morgan fingerprint density at radius 3 is 2.28 bits per heavy atom. The minimum absolute atomic E-state index is 0.0461. The SMILES string of the molecule is NC(=O)C[C@H](NC(=O)[C@H](Cc1ccccc1)n1c(=O)[nH]c2ccccc2c1=O)C(=O)N1CCC(C(=O)O)CC1. The first-order valence-corrected chi connectivity index (χ1v) is 12.5. The molecule has 1 saturated heterocycles. The number of nitrogens with two attached hydrogens (primary N) is 1. The molecule has 12 nitrogen and oxygen atoms in total. The van der Waals surface area contributed by atoms with E-state index < -0.39 is 59.4 Å². The average Bonchev–Trinajstić information content (AvgIpc) is 2.92. The van der Waals surface area contributed by atoms with Gasteiger partial charge in [0.2, 0.25) is 17.7 Å². The van der Waals surface area contributed by atoms with Crippen molar-refractivity contribution in [2.45, 2.75) is 37.8 Å². The Morgan fingerprint density at radius 2 is 1.64 bits per heavy atom. The molecule has 0 radical (unpaired) electrons. The molecule has 1 aromatic heterocycles. The summed E-state index contributed by atoms with van der Waals surface area (Å²) in [5.41, 5.74) is 4.86. The Bertz CT molecular complexity index is 1510. The monoisotopic (exact) mass is 535 g/mol. The van der Waals surface area contributed by atoms with Crippen LogP contribution in [0.1, 0.15) is 30.9 Å². The molecule has 1 aliphatic heterocycles. The fourth-order valence-corrected chi connectivity index (χ4v) is 4.83. The molecule has 1 fully saturated rings. The van der Waals surface area contributed by atoms with Crippen molar-refractivity contribution in [3.8, 4) is 0 Å². The third kappa shape index (κ3) is 6.22. The van der Waals surface area contributed by atoms with E-state index in [1.54, 1.807) is 48.5 Å². The molecule has 5 N–H and O–H groups in total. The van der Waals surface area contributed by atoms with Crippen molar-refractivity contribution in [3.05, 3.63) is 81.0 Å². The largest absolute Gasteiger partial charge is 0.481 e. The first-order valence-electron chi connectivity index (χ1n) is 12.5. The maximum atomic E-state index is 13.7. The quantitative estimate of drug-likeness (QED) is 0.300. The third-order valence-electron chi connectivity index (χ3n) is 6.90. The van der Waals surface area contributed by atoms with Crippen molar-refractivity contribution < 1.29 is 24.3 Å². The fraction of sp³-hybridized carbons (Fsp3) is 0.333. The number of benzene rings is 2. The van der Waals surface area contributed by atoms with Crippen LogP contribution in [0.4, 0.5) is 0 Å². The van der Waals surface area contributed by atoms with Crippen molar-refractivity contribution in [2.24, 2.45) is 11.7 Å². The van der Waals surface area contributed by atoms with Gasteiger partial charge < -0.3 is 26.0 Å². The predicted octanol–water partition coefficient (Wildman–Crippen LogP) is 0.157. The first kappa shape index (κ1) is 27.3. The summed E-state index contributed by atoms with van der Waals surface area (Å²) in [6.07, 6.45) is -0.0897. The predicted molar refractivity (Wildman–Crippen MR) is 141 cm³/mol. The van der Waals surface area contributed by atoms with Gasteiger partial charge in [0.25, 0.3) is 5.56 Å². The van der Waals surface area contributed by atoms with E-state index in [0.717, 1.165) is 4.57 Å². The van der Waals surface area contributed by atoms with E-state index in [1.165, 1.54) is 11.0 Å². The molecule has 0 aliphatic carbocycles. The minimum Gasteiger partial charge on any atom is -0.481 e. The number of nitrogens with one attached hydrogen (secondary N) is 2. The summed E-state index contributed by atoms with van der Waals surface area (Å²) in [5.74, 6) is -3.78. The molecule has 0 unspecified atom stereocenters. The molecule has 0 spiro atoms. The Kier molecular flexibility index (Phi) is 8.23. The summed E-state index contributed by atoms with van der Waals surface area (Å²) in [6, 6.07) is 12.4. The van der Waals surface area contributed by atoms with E-state index in [1.807, 2.05) is 0 Å². The maximum Gasteiger partial charge on any atom is 0.329 e. The lowest BCUT2D eigenvalue weighted by atomic mass is 9.96. The van der Waals surface area contributed by atoms with Crippen LogP contribution in [0.3, 0.4) is 0 Å². The van der Waals surface area contributed by atoms with Crippen molar-refractivity contribution >= 4 is 34.6 Å². The van der Waals surface area contributed by atoms with Gasteiger partial charge in [-0.3, -0.25) is 24.0 Å². The number of carboxylic acids is 1. The van der Waals surface area contributed by atoms with Crippen LogP contribution in [0, 0.1) is 5.92 Å². The minimum atomic E-state index is -1.36. The lowest BCUT2D eigenvalue weighted by Crippen LogP contribution is -2.55. The van der Waals surface area contributed by atoms with Gasteiger partial charge in [-0.15, -0.1) is 0 Å². The zero-order valence-corrected chi connectivity index (χ0v) is 21.0. The highest BCUT2D eigenvalue weighted by molar-refractivity contribution is 5.93. The van der Waals surface area contributed by atoms with Gasteiger partial charge in [0, 0.05) is 19.5 Å². The van der Waals surface area contributed by atoms with Gasteiger partial charge in [0.15, 0.2) is 0 Å². The molecule has 12 heteroatoms. The van der Waals surface area contributed by atoms with Gasteiger partial charge in [-0.2, -0.15) is 0 Å². The Balaban J connectivity index is 1.67. The van der Waals surface area contributed by atoms with E-state index in [2.05, 4.69) is 10.3 Å². The van der Waals surface area contributed by atoms with Crippen LogP contribution in [-0.4, -0.2) is 62.4 Å². The highest BCUT2D eigenvalue weighted by Gasteiger charge is 2.34. The number of aliphatic carboxylic acids is 1. The zero-order chi connectivity index (χ0) is 28.1. The molecular weight excluding hydrogens is 506 g/mol. The number of amides is 3. The topological polar surface area (TPSA) is 185 Å².